The highest BCUT2D eigenvalue weighted by Gasteiger charge is 2.10. The fourth-order valence-electron chi connectivity index (χ4n) is 1.86. The Morgan fingerprint density at radius 3 is 2.85 bits per heavy atom. The largest absolute Gasteiger partial charge is 0.378 e. The Kier molecular flexibility index (Phi) is 4.89. The Bertz CT molecular complexity index is 561. The molecule has 0 bridgehead atoms. The van der Waals surface area contributed by atoms with Gasteiger partial charge in [0.2, 0.25) is 0 Å². The number of carbonyl (C=O) groups is 1. The summed E-state index contributed by atoms with van der Waals surface area (Å²) in [5.41, 5.74) is 3.02. The number of hydrogen-bond donors (Lipinski definition) is 3. The van der Waals surface area contributed by atoms with Crippen molar-refractivity contribution in [1.82, 2.24) is 25.7 Å². The van der Waals surface area contributed by atoms with Gasteiger partial charge in [-0.05, 0) is 18.6 Å². The van der Waals surface area contributed by atoms with Crippen LogP contribution in [-0.4, -0.2) is 33.4 Å². The van der Waals surface area contributed by atoms with Crippen LogP contribution >= 0.6 is 0 Å². The predicted molar refractivity (Wildman–Crippen MR) is 73.1 cm³/mol. The molecule has 2 heterocycles. The summed E-state index contributed by atoms with van der Waals surface area (Å²) < 4.78 is 4.98. The number of rotatable bonds is 7. The number of H-pyrrole nitrogens is 2. The molecule has 0 aliphatic carbocycles. The maximum absolute atomic E-state index is 11.9. The highest BCUT2D eigenvalue weighted by Crippen LogP contribution is 2.04. The van der Waals surface area contributed by atoms with Gasteiger partial charge in [-0.25, -0.2) is 0 Å². The van der Waals surface area contributed by atoms with E-state index in [0.717, 1.165) is 29.9 Å². The van der Waals surface area contributed by atoms with Crippen molar-refractivity contribution in [2.45, 2.75) is 32.9 Å². The van der Waals surface area contributed by atoms with Gasteiger partial charge in [0.25, 0.3) is 5.91 Å². The van der Waals surface area contributed by atoms with Gasteiger partial charge in [0.15, 0.2) is 0 Å². The predicted octanol–water partition coefficient (Wildman–Crippen LogP) is 1.16. The number of nitrogens with one attached hydrogen (secondary N) is 3. The van der Waals surface area contributed by atoms with E-state index in [4.69, 9.17) is 4.74 Å². The van der Waals surface area contributed by atoms with E-state index >= 15 is 0 Å². The first-order valence-electron chi connectivity index (χ1n) is 6.57. The Labute approximate surface area is 117 Å². The topological polar surface area (TPSA) is 95.7 Å². The van der Waals surface area contributed by atoms with Crippen molar-refractivity contribution in [3.63, 3.8) is 0 Å². The van der Waals surface area contributed by atoms with Crippen molar-refractivity contribution in [1.29, 1.82) is 0 Å². The van der Waals surface area contributed by atoms with Gasteiger partial charge >= 0.3 is 0 Å². The molecule has 1 amide bonds. The van der Waals surface area contributed by atoms with Gasteiger partial charge in [-0.1, -0.05) is 13.3 Å². The standard InChI is InChI=1S/C13H19N5O2/c1-3-4-9-6-12(18-15-9)13(19)14-7-10-5-11(8-20-2)17-16-10/h5-6H,3-4,7-8H2,1-2H3,(H,14,19)(H,15,18)(H,16,17). The van der Waals surface area contributed by atoms with E-state index in [1.165, 1.54) is 0 Å². The average molecular weight is 277 g/mol. The number of aryl methyl sites for hydroxylation is 1. The summed E-state index contributed by atoms with van der Waals surface area (Å²) >= 11 is 0. The van der Waals surface area contributed by atoms with Crippen LogP contribution in [0.1, 0.15) is 40.9 Å². The second-order valence-electron chi connectivity index (χ2n) is 4.53. The maximum Gasteiger partial charge on any atom is 0.272 e. The second kappa shape index (κ2) is 6.85. The summed E-state index contributed by atoms with van der Waals surface area (Å²) in [4.78, 5) is 11.9. The third kappa shape index (κ3) is 3.67. The van der Waals surface area contributed by atoms with Crippen LogP contribution in [0.5, 0.6) is 0 Å². The summed E-state index contributed by atoms with van der Waals surface area (Å²) in [5, 5.41) is 16.6. The minimum absolute atomic E-state index is 0.202. The molecule has 2 aromatic heterocycles. The molecule has 0 unspecified atom stereocenters. The van der Waals surface area contributed by atoms with E-state index in [-0.39, 0.29) is 5.91 Å². The number of nitrogens with zero attached hydrogens (tertiary/aromatic N) is 2. The number of ether oxygens (including phenoxy) is 1. The molecule has 2 rings (SSSR count). The summed E-state index contributed by atoms with van der Waals surface area (Å²) in [6, 6.07) is 3.64. The number of carbonyl (C=O) groups excluding carboxylic acids is 1. The fourth-order valence-corrected chi connectivity index (χ4v) is 1.86. The number of aromatic amines is 2. The van der Waals surface area contributed by atoms with Crippen LogP contribution in [0.25, 0.3) is 0 Å². The van der Waals surface area contributed by atoms with Gasteiger partial charge < -0.3 is 10.1 Å². The molecule has 2 aromatic rings. The Morgan fingerprint density at radius 2 is 2.10 bits per heavy atom. The lowest BCUT2D eigenvalue weighted by molar-refractivity contribution is 0.0945. The van der Waals surface area contributed by atoms with Crippen molar-refractivity contribution in [2.75, 3.05) is 7.11 Å². The van der Waals surface area contributed by atoms with Gasteiger partial charge in [0, 0.05) is 12.8 Å². The SMILES string of the molecule is CCCc1cc(C(=O)NCc2cc(COC)n[nH]2)n[nH]1. The van der Waals surface area contributed by atoms with Crippen LogP contribution in [0.15, 0.2) is 12.1 Å². The quantitative estimate of drug-likeness (QED) is 0.707. The number of amides is 1. The molecule has 0 atom stereocenters. The van der Waals surface area contributed by atoms with Gasteiger partial charge in [-0.15, -0.1) is 0 Å². The van der Waals surface area contributed by atoms with Crippen LogP contribution in [0.4, 0.5) is 0 Å². The third-order valence-corrected chi connectivity index (χ3v) is 2.80. The summed E-state index contributed by atoms with van der Waals surface area (Å²) in [6.45, 7) is 2.91. The van der Waals surface area contributed by atoms with Gasteiger partial charge in [0.05, 0.1) is 24.5 Å². The van der Waals surface area contributed by atoms with Crippen molar-refractivity contribution in [3.8, 4) is 0 Å². The van der Waals surface area contributed by atoms with Crippen molar-refractivity contribution >= 4 is 5.91 Å². The summed E-state index contributed by atoms with van der Waals surface area (Å²) in [6.07, 6.45) is 1.90. The Hall–Kier alpha value is -2.15. The molecule has 0 aromatic carbocycles. The Morgan fingerprint density at radius 1 is 1.30 bits per heavy atom. The van der Waals surface area contributed by atoms with Gasteiger partial charge in [0.1, 0.15) is 5.69 Å². The van der Waals surface area contributed by atoms with Crippen LogP contribution in [0, 0.1) is 0 Å². The number of aromatic nitrogens is 4. The third-order valence-electron chi connectivity index (χ3n) is 2.80. The second-order valence-corrected chi connectivity index (χ2v) is 4.53. The molecular weight excluding hydrogens is 258 g/mol. The first-order valence-corrected chi connectivity index (χ1v) is 6.57. The molecule has 7 heteroatoms. The van der Waals surface area contributed by atoms with Crippen molar-refractivity contribution in [2.24, 2.45) is 0 Å². The molecule has 0 aliphatic rings. The fraction of sp³-hybridized carbons (Fsp3) is 0.462. The van der Waals surface area contributed by atoms with Crippen molar-refractivity contribution in [3.05, 3.63) is 34.9 Å². The smallest absolute Gasteiger partial charge is 0.272 e. The monoisotopic (exact) mass is 277 g/mol. The van der Waals surface area contributed by atoms with E-state index in [1.54, 1.807) is 13.2 Å². The lowest BCUT2D eigenvalue weighted by Gasteiger charge is -1.99. The zero-order valence-corrected chi connectivity index (χ0v) is 11.7. The zero-order chi connectivity index (χ0) is 14.4. The number of methoxy groups -OCH3 is 1. The van der Waals surface area contributed by atoms with E-state index in [0.29, 0.717) is 18.8 Å². The molecular formula is C13H19N5O2. The van der Waals surface area contributed by atoms with E-state index < -0.39 is 0 Å². The van der Waals surface area contributed by atoms with E-state index in [9.17, 15) is 4.79 Å². The molecule has 7 nitrogen and oxygen atoms in total. The highest BCUT2D eigenvalue weighted by molar-refractivity contribution is 5.92. The normalized spacial score (nSPS) is 10.7. The van der Waals surface area contributed by atoms with Gasteiger partial charge in [-0.3, -0.25) is 15.0 Å². The lowest BCUT2D eigenvalue weighted by Crippen LogP contribution is -2.23. The molecule has 0 saturated heterocycles. The molecule has 20 heavy (non-hydrogen) atoms. The average Bonchev–Trinajstić information content (AvgIpc) is 3.06. The molecule has 108 valence electrons. The minimum atomic E-state index is -0.202. The maximum atomic E-state index is 11.9. The molecule has 0 aliphatic heterocycles. The number of hydrogen-bond acceptors (Lipinski definition) is 4. The van der Waals surface area contributed by atoms with E-state index in [1.807, 2.05) is 6.07 Å². The first kappa shape index (κ1) is 14.3. The molecule has 0 radical (unpaired) electrons. The highest BCUT2D eigenvalue weighted by atomic mass is 16.5. The lowest BCUT2D eigenvalue weighted by atomic mass is 10.2. The molecule has 0 saturated carbocycles. The first-order chi connectivity index (χ1) is 9.72. The molecule has 3 N–H and O–H groups in total. The summed E-state index contributed by atoms with van der Waals surface area (Å²) in [5.74, 6) is -0.202. The summed E-state index contributed by atoms with van der Waals surface area (Å²) in [7, 11) is 1.61. The van der Waals surface area contributed by atoms with Crippen LogP contribution in [0.3, 0.4) is 0 Å². The van der Waals surface area contributed by atoms with Gasteiger partial charge in [-0.2, -0.15) is 10.2 Å². The van der Waals surface area contributed by atoms with Crippen LogP contribution in [0.2, 0.25) is 0 Å². The molecule has 0 spiro atoms. The van der Waals surface area contributed by atoms with Crippen molar-refractivity contribution < 1.29 is 9.53 Å². The zero-order valence-electron chi connectivity index (χ0n) is 11.7. The minimum Gasteiger partial charge on any atom is -0.378 e. The van der Waals surface area contributed by atoms with E-state index in [2.05, 4.69) is 32.6 Å². The van der Waals surface area contributed by atoms with Crippen LogP contribution < -0.4 is 5.32 Å². The van der Waals surface area contributed by atoms with Crippen LogP contribution in [-0.2, 0) is 24.3 Å². The Balaban J connectivity index is 1.87. The molecule has 0 fully saturated rings.